The minimum atomic E-state index is 0.581. The van der Waals surface area contributed by atoms with Gasteiger partial charge in [-0.05, 0) is 12.0 Å². The molecule has 0 atom stereocenters. The minimum absolute atomic E-state index is 0.581. The van der Waals surface area contributed by atoms with Crippen molar-refractivity contribution < 1.29 is 9.31 Å². The first-order valence-corrected chi connectivity index (χ1v) is 7.02. The molecule has 1 aromatic carbocycles. The van der Waals surface area contributed by atoms with Gasteiger partial charge in [-0.3, -0.25) is 0 Å². The highest BCUT2D eigenvalue weighted by atomic mass is 16.6. The summed E-state index contributed by atoms with van der Waals surface area (Å²) in [6.07, 6.45) is 7.71. The molecule has 0 aliphatic carbocycles. The molecule has 1 rings (SSSR count). The van der Waals surface area contributed by atoms with Crippen molar-refractivity contribution in [2.45, 2.75) is 52.1 Å². The van der Waals surface area contributed by atoms with Crippen LogP contribution in [0.1, 0.15) is 51.0 Å². The predicted molar refractivity (Wildman–Crippen MR) is 76.3 cm³/mol. The summed E-state index contributed by atoms with van der Waals surface area (Å²) in [5.74, 6) is 0. The van der Waals surface area contributed by atoms with Crippen molar-refractivity contribution in [2.75, 3.05) is 6.61 Å². The van der Waals surface area contributed by atoms with Crippen molar-refractivity contribution in [2.24, 2.45) is 0 Å². The van der Waals surface area contributed by atoms with Crippen LogP contribution in [-0.2, 0) is 15.9 Å². The molecule has 0 fully saturated rings. The molecule has 0 aromatic heterocycles. The highest BCUT2D eigenvalue weighted by molar-refractivity contribution is 6.17. The van der Waals surface area contributed by atoms with Crippen LogP contribution in [0.2, 0.25) is 0 Å². The smallest absolute Gasteiger partial charge is 0.413 e. The molecule has 0 heterocycles. The standard InChI is InChI=1S/C15H24BO2/c1-2-3-4-5-6-10-13-17-16-18-14-15-11-8-7-9-12-15/h7-9,11-12H,2-6,10,13-14H2,1H3. The van der Waals surface area contributed by atoms with Gasteiger partial charge in [0.15, 0.2) is 0 Å². The molecular formula is C15H24BO2. The molecule has 0 saturated heterocycles. The monoisotopic (exact) mass is 247 g/mol. The molecule has 1 aromatic rings. The first-order valence-electron chi connectivity index (χ1n) is 7.02. The summed E-state index contributed by atoms with van der Waals surface area (Å²) >= 11 is 0. The molecule has 2 nitrogen and oxygen atoms in total. The second-order valence-electron chi connectivity index (χ2n) is 4.53. The summed E-state index contributed by atoms with van der Waals surface area (Å²) in [6.45, 7) is 3.58. The number of rotatable bonds is 11. The Morgan fingerprint density at radius 1 is 0.889 bits per heavy atom. The van der Waals surface area contributed by atoms with Crippen molar-refractivity contribution in [3.8, 4) is 0 Å². The van der Waals surface area contributed by atoms with Crippen molar-refractivity contribution in [1.29, 1.82) is 0 Å². The fraction of sp³-hybridized carbons (Fsp3) is 0.600. The Labute approximate surface area is 112 Å². The van der Waals surface area contributed by atoms with E-state index in [9.17, 15) is 0 Å². The first kappa shape index (κ1) is 15.3. The van der Waals surface area contributed by atoms with Gasteiger partial charge in [-0.2, -0.15) is 0 Å². The largest absolute Gasteiger partial charge is 0.488 e. The van der Waals surface area contributed by atoms with Gasteiger partial charge in [0.05, 0.1) is 6.61 Å². The Hall–Kier alpha value is -0.795. The van der Waals surface area contributed by atoms with Crippen LogP contribution in [-0.4, -0.2) is 14.3 Å². The summed E-state index contributed by atoms with van der Waals surface area (Å²) in [5.41, 5.74) is 1.16. The normalized spacial score (nSPS) is 10.5. The van der Waals surface area contributed by atoms with E-state index < -0.39 is 0 Å². The van der Waals surface area contributed by atoms with E-state index in [2.05, 4.69) is 6.92 Å². The van der Waals surface area contributed by atoms with Crippen molar-refractivity contribution >= 4 is 7.69 Å². The molecule has 0 spiro atoms. The van der Waals surface area contributed by atoms with Gasteiger partial charge in [-0.15, -0.1) is 0 Å². The predicted octanol–water partition coefficient (Wildman–Crippen LogP) is 4.11. The molecule has 0 bridgehead atoms. The van der Waals surface area contributed by atoms with Crippen LogP contribution in [0, 0.1) is 0 Å². The quantitative estimate of drug-likeness (QED) is 0.432. The van der Waals surface area contributed by atoms with Crippen LogP contribution in [0.5, 0.6) is 0 Å². The molecule has 0 saturated carbocycles. The summed E-state index contributed by atoms with van der Waals surface area (Å²) in [6, 6.07) is 10.1. The third kappa shape index (κ3) is 8.32. The lowest BCUT2D eigenvalue weighted by Gasteiger charge is -2.04. The van der Waals surface area contributed by atoms with Gasteiger partial charge in [0, 0.05) is 6.61 Å². The molecule has 18 heavy (non-hydrogen) atoms. The van der Waals surface area contributed by atoms with E-state index in [1.54, 1.807) is 0 Å². The van der Waals surface area contributed by atoms with E-state index in [1.165, 1.54) is 39.8 Å². The highest BCUT2D eigenvalue weighted by Crippen LogP contribution is 2.05. The van der Waals surface area contributed by atoms with Gasteiger partial charge in [-0.25, -0.2) is 0 Å². The maximum absolute atomic E-state index is 5.32. The summed E-state index contributed by atoms with van der Waals surface area (Å²) < 4.78 is 10.6. The number of hydrogen-bond donors (Lipinski definition) is 0. The van der Waals surface area contributed by atoms with Crippen LogP contribution in [0.15, 0.2) is 30.3 Å². The lowest BCUT2D eigenvalue weighted by atomic mass is 10.1. The Bertz CT molecular complexity index is 277. The molecule has 99 valence electrons. The van der Waals surface area contributed by atoms with Crippen LogP contribution >= 0.6 is 0 Å². The van der Waals surface area contributed by atoms with Crippen molar-refractivity contribution in [3.05, 3.63) is 35.9 Å². The van der Waals surface area contributed by atoms with Crippen LogP contribution in [0.3, 0.4) is 0 Å². The van der Waals surface area contributed by atoms with Gasteiger partial charge >= 0.3 is 7.69 Å². The van der Waals surface area contributed by atoms with E-state index in [-0.39, 0.29) is 0 Å². The summed E-state index contributed by atoms with van der Waals surface area (Å²) in [5, 5.41) is 0. The number of benzene rings is 1. The molecule has 0 amide bonds. The van der Waals surface area contributed by atoms with E-state index in [1.807, 2.05) is 30.3 Å². The van der Waals surface area contributed by atoms with Gasteiger partial charge < -0.3 is 9.31 Å². The zero-order valence-electron chi connectivity index (χ0n) is 11.4. The summed E-state index contributed by atoms with van der Waals surface area (Å²) in [7, 11) is 1.47. The van der Waals surface area contributed by atoms with Gasteiger partial charge in [0.25, 0.3) is 0 Å². The number of unbranched alkanes of at least 4 members (excludes halogenated alkanes) is 5. The number of hydrogen-bond acceptors (Lipinski definition) is 2. The Kier molecular flexibility index (Phi) is 9.59. The fourth-order valence-corrected chi connectivity index (χ4v) is 1.77. The third-order valence-electron chi connectivity index (χ3n) is 2.84. The molecule has 0 unspecified atom stereocenters. The molecular weight excluding hydrogens is 223 g/mol. The van der Waals surface area contributed by atoms with E-state index >= 15 is 0 Å². The lowest BCUT2D eigenvalue weighted by molar-refractivity contribution is 0.210. The van der Waals surface area contributed by atoms with E-state index in [4.69, 9.17) is 9.31 Å². The van der Waals surface area contributed by atoms with Crippen molar-refractivity contribution in [3.63, 3.8) is 0 Å². The topological polar surface area (TPSA) is 18.5 Å². The Morgan fingerprint density at radius 2 is 1.61 bits per heavy atom. The molecule has 0 aliphatic rings. The fourth-order valence-electron chi connectivity index (χ4n) is 1.77. The van der Waals surface area contributed by atoms with Crippen LogP contribution < -0.4 is 0 Å². The van der Waals surface area contributed by atoms with E-state index in [0.29, 0.717) is 6.61 Å². The Morgan fingerprint density at radius 3 is 2.39 bits per heavy atom. The maximum Gasteiger partial charge on any atom is 0.488 e. The van der Waals surface area contributed by atoms with Crippen LogP contribution in [0.25, 0.3) is 0 Å². The average Bonchev–Trinajstić information content (AvgIpc) is 2.42. The van der Waals surface area contributed by atoms with E-state index in [0.717, 1.165) is 18.6 Å². The minimum Gasteiger partial charge on any atom is -0.413 e. The molecule has 3 heteroatoms. The van der Waals surface area contributed by atoms with Gasteiger partial charge in [0.2, 0.25) is 0 Å². The third-order valence-corrected chi connectivity index (χ3v) is 2.84. The molecule has 0 aliphatic heterocycles. The average molecular weight is 247 g/mol. The van der Waals surface area contributed by atoms with Crippen molar-refractivity contribution in [1.82, 2.24) is 0 Å². The second-order valence-corrected chi connectivity index (χ2v) is 4.53. The Balaban J connectivity index is 1.82. The lowest BCUT2D eigenvalue weighted by Crippen LogP contribution is -2.06. The highest BCUT2D eigenvalue weighted by Gasteiger charge is 1.96. The molecule has 1 radical (unpaired) electrons. The SMILES string of the molecule is CCCCCCCCO[B]OCc1ccccc1. The van der Waals surface area contributed by atoms with Gasteiger partial charge in [-0.1, -0.05) is 69.4 Å². The maximum atomic E-state index is 5.32. The van der Waals surface area contributed by atoms with Crippen LogP contribution in [0.4, 0.5) is 0 Å². The van der Waals surface area contributed by atoms with Gasteiger partial charge in [0.1, 0.15) is 0 Å². The zero-order chi connectivity index (χ0) is 12.9. The first-order chi connectivity index (χ1) is 8.93. The zero-order valence-corrected chi connectivity index (χ0v) is 11.4. The molecule has 0 N–H and O–H groups in total. The summed E-state index contributed by atoms with van der Waals surface area (Å²) in [4.78, 5) is 0. The second kappa shape index (κ2) is 11.3.